The van der Waals surface area contributed by atoms with Crippen molar-refractivity contribution in [2.75, 3.05) is 39.9 Å². The van der Waals surface area contributed by atoms with Crippen LogP contribution in [0.2, 0.25) is 0 Å². The molecule has 5 nitrogen and oxygen atoms in total. The molecule has 0 bridgehead atoms. The van der Waals surface area contributed by atoms with Crippen LogP contribution in [-0.4, -0.2) is 66.7 Å². The van der Waals surface area contributed by atoms with E-state index in [0.717, 1.165) is 23.6 Å². The third kappa shape index (κ3) is 6.84. The Kier molecular flexibility index (Phi) is 8.46. The second-order valence-electron chi connectivity index (χ2n) is 10.1. The van der Waals surface area contributed by atoms with Crippen LogP contribution in [-0.2, 0) is 23.6 Å². The van der Waals surface area contributed by atoms with Gasteiger partial charge in [-0.05, 0) is 66.8 Å². The molecule has 39 heavy (non-hydrogen) atoms. The number of rotatable bonds is 4. The molecule has 2 aromatic carbocycles. The molecule has 12 heteroatoms. The number of alkyl halides is 6. The van der Waals surface area contributed by atoms with E-state index < -0.39 is 47.9 Å². The Morgan fingerprint density at radius 2 is 1.59 bits per heavy atom. The monoisotopic (exact) mass is 561 g/mol. The lowest BCUT2D eigenvalue weighted by Crippen LogP contribution is -2.53. The molecule has 0 N–H and O–H groups in total. The number of benzene rings is 2. The Bertz CT molecular complexity index is 1150. The van der Waals surface area contributed by atoms with Gasteiger partial charge in [0.05, 0.1) is 30.4 Å². The van der Waals surface area contributed by atoms with Gasteiger partial charge in [-0.15, -0.1) is 0 Å². The molecule has 2 atom stereocenters. The highest BCUT2D eigenvalue weighted by molar-refractivity contribution is 5.75. The third-order valence-electron chi connectivity index (χ3n) is 7.37. The third-order valence-corrected chi connectivity index (χ3v) is 7.37. The quantitative estimate of drug-likeness (QED) is 0.414. The number of ether oxygens (including phenoxy) is 1. The largest absolute Gasteiger partial charge is 0.416 e. The van der Waals surface area contributed by atoms with E-state index >= 15 is 0 Å². The second kappa shape index (κ2) is 11.3. The lowest BCUT2D eigenvalue weighted by atomic mass is 9.88. The van der Waals surface area contributed by atoms with Crippen LogP contribution in [0, 0.1) is 12.7 Å². The molecule has 2 aromatic rings. The van der Waals surface area contributed by atoms with Gasteiger partial charge in [0.15, 0.2) is 0 Å². The van der Waals surface area contributed by atoms with Crippen LogP contribution in [0.4, 0.5) is 35.5 Å². The number of carbonyl (C=O) groups excluding carboxylic acids is 1. The van der Waals surface area contributed by atoms with Gasteiger partial charge in [0.2, 0.25) is 0 Å². The van der Waals surface area contributed by atoms with Gasteiger partial charge in [0.25, 0.3) is 0 Å². The fourth-order valence-corrected chi connectivity index (χ4v) is 5.43. The number of hydrogen-bond donors (Lipinski definition) is 0. The standard InChI is InChI=1S/C27H30F7N3O2/c1-17-11-21(28)3-4-23(17)24-15-22(36-7-9-39-10-8-36)5-6-37(24)25(38)35(2)16-18-12-19(26(29,30)31)14-20(13-18)27(32,33)34/h3-4,11-14,22,24H,5-10,15-16H2,1-2H3/t22-,24-/m0/s1. The fourth-order valence-electron chi connectivity index (χ4n) is 5.43. The minimum atomic E-state index is -4.98. The molecular weight excluding hydrogens is 531 g/mol. The smallest absolute Gasteiger partial charge is 0.379 e. The maximum Gasteiger partial charge on any atom is 0.416 e. The second-order valence-corrected chi connectivity index (χ2v) is 10.1. The first kappa shape index (κ1) is 29.1. The molecule has 0 unspecified atom stereocenters. The number of hydrogen-bond acceptors (Lipinski definition) is 3. The number of carbonyl (C=O) groups is 1. The first-order chi connectivity index (χ1) is 18.2. The predicted molar refractivity (Wildman–Crippen MR) is 129 cm³/mol. The molecule has 0 aliphatic carbocycles. The van der Waals surface area contributed by atoms with E-state index in [-0.39, 0.29) is 17.7 Å². The topological polar surface area (TPSA) is 36.0 Å². The van der Waals surface area contributed by atoms with Crippen LogP contribution in [0.1, 0.15) is 46.7 Å². The Balaban J connectivity index is 1.60. The van der Waals surface area contributed by atoms with Crippen molar-refractivity contribution in [1.29, 1.82) is 0 Å². The van der Waals surface area contributed by atoms with Crippen molar-refractivity contribution in [2.45, 2.75) is 50.7 Å². The molecule has 2 amide bonds. The highest BCUT2D eigenvalue weighted by atomic mass is 19.4. The maximum atomic E-state index is 13.9. The summed E-state index contributed by atoms with van der Waals surface area (Å²) in [6.45, 7) is 4.28. The van der Waals surface area contributed by atoms with E-state index in [0.29, 0.717) is 50.3 Å². The fraction of sp³-hybridized carbons (Fsp3) is 0.519. The van der Waals surface area contributed by atoms with Crippen LogP contribution < -0.4 is 0 Å². The number of amides is 2. The van der Waals surface area contributed by atoms with Crippen molar-refractivity contribution in [2.24, 2.45) is 0 Å². The van der Waals surface area contributed by atoms with Crippen molar-refractivity contribution >= 4 is 6.03 Å². The van der Waals surface area contributed by atoms with Gasteiger partial charge in [0.1, 0.15) is 5.82 Å². The number of urea groups is 1. The summed E-state index contributed by atoms with van der Waals surface area (Å²) < 4.78 is 99.3. The summed E-state index contributed by atoms with van der Waals surface area (Å²) in [5.74, 6) is -0.420. The number of nitrogens with zero attached hydrogens (tertiary/aromatic N) is 3. The minimum Gasteiger partial charge on any atom is -0.379 e. The first-order valence-electron chi connectivity index (χ1n) is 12.6. The molecule has 2 aliphatic rings. The van der Waals surface area contributed by atoms with Gasteiger partial charge in [-0.2, -0.15) is 26.3 Å². The number of aryl methyl sites for hydroxylation is 1. The van der Waals surface area contributed by atoms with Gasteiger partial charge in [-0.1, -0.05) is 6.07 Å². The molecule has 0 radical (unpaired) electrons. The zero-order chi connectivity index (χ0) is 28.5. The zero-order valence-corrected chi connectivity index (χ0v) is 21.6. The lowest BCUT2D eigenvalue weighted by Gasteiger charge is -2.45. The SMILES string of the molecule is Cc1cc(F)ccc1[C@@H]1C[C@@H](N2CCOCC2)CCN1C(=O)N(C)Cc1cc(C(F)(F)F)cc(C(F)(F)F)c1. The van der Waals surface area contributed by atoms with Gasteiger partial charge in [-0.3, -0.25) is 4.90 Å². The van der Waals surface area contributed by atoms with E-state index in [2.05, 4.69) is 4.90 Å². The maximum absolute atomic E-state index is 13.9. The van der Waals surface area contributed by atoms with Gasteiger partial charge >= 0.3 is 18.4 Å². The molecule has 0 saturated carbocycles. The Morgan fingerprint density at radius 3 is 2.15 bits per heavy atom. The van der Waals surface area contributed by atoms with Gasteiger partial charge in [0, 0.05) is 39.3 Å². The van der Waals surface area contributed by atoms with Crippen molar-refractivity contribution in [1.82, 2.24) is 14.7 Å². The lowest BCUT2D eigenvalue weighted by molar-refractivity contribution is -0.143. The van der Waals surface area contributed by atoms with Crippen molar-refractivity contribution in [3.63, 3.8) is 0 Å². The highest BCUT2D eigenvalue weighted by Crippen LogP contribution is 2.38. The average Bonchev–Trinajstić information content (AvgIpc) is 2.87. The summed E-state index contributed by atoms with van der Waals surface area (Å²) >= 11 is 0. The molecule has 2 heterocycles. The average molecular weight is 562 g/mol. The molecule has 0 aromatic heterocycles. The highest BCUT2D eigenvalue weighted by Gasteiger charge is 2.39. The van der Waals surface area contributed by atoms with Crippen LogP contribution >= 0.6 is 0 Å². The predicted octanol–water partition coefficient (Wildman–Crippen LogP) is 6.26. The summed E-state index contributed by atoms with van der Waals surface area (Å²) in [5, 5.41) is 0. The van der Waals surface area contributed by atoms with Crippen LogP contribution in [0.25, 0.3) is 0 Å². The van der Waals surface area contributed by atoms with E-state index in [1.54, 1.807) is 17.9 Å². The minimum absolute atomic E-state index is 0.0646. The molecule has 4 rings (SSSR count). The molecule has 2 aliphatic heterocycles. The summed E-state index contributed by atoms with van der Waals surface area (Å²) in [6.07, 6.45) is -8.78. The number of halogens is 7. The van der Waals surface area contributed by atoms with Crippen molar-refractivity contribution in [3.8, 4) is 0 Å². The van der Waals surface area contributed by atoms with Crippen LogP contribution in [0.3, 0.4) is 0 Å². The Hall–Kier alpha value is -2.86. The van der Waals surface area contributed by atoms with E-state index in [9.17, 15) is 35.5 Å². The summed E-state index contributed by atoms with van der Waals surface area (Å²) in [6, 6.07) is 4.79. The summed E-state index contributed by atoms with van der Waals surface area (Å²) in [4.78, 5) is 18.6. The molecule has 2 saturated heterocycles. The summed E-state index contributed by atoms with van der Waals surface area (Å²) in [7, 11) is 1.35. The van der Waals surface area contributed by atoms with E-state index in [1.807, 2.05) is 0 Å². The molecule has 0 spiro atoms. The van der Waals surface area contributed by atoms with Gasteiger partial charge in [-0.25, -0.2) is 9.18 Å². The van der Waals surface area contributed by atoms with E-state index in [1.165, 1.54) is 19.2 Å². The number of likely N-dealkylation sites (tertiary alicyclic amines) is 1. The zero-order valence-electron chi connectivity index (χ0n) is 21.6. The van der Waals surface area contributed by atoms with Crippen molar-refractivity contribution in [3.05, 3.63) is 70.0 Å². The normalized spacial score (nSPS) is 21.2. The summed E-state index contributed by atoms with van der Waals surface area (Å²) in [5.41, 5.74) is -1.75. The van der Waals surface area contributed by atoms with Crippen molar-refractivity contribution < 1.29 is 40.3 Å². The van der Waals surface area contributed by atoms with Crippen LogP contribution in [0.15, 0.2) is 36.4 Å². The van der Waals surface area contributed by atoms with Crippen LogP contribution in [0.5, 0.6) is 0 Å². The molecule has 214 valence electrons. The number of piperidine rings is 1. The first-order valence-corrected chi connectivity index (χ1v) is 12.6. The number of morpholine rings is 1. The molecule has 2 fully saturated rings. The Labute approximate surface area is 222 Å². The van der Waals surface area contributed by atoms with Gasteiger partial charge < -0.3 is 14.5 Å². The molecular formula is C27H30F7N3O2. The van der Waals surface area contributed by atoms with E-state index in [4.69, 9.17) is 4.74 Å². The Morgan fingerprint density at radius 1 is 0.974 bits per heavy atom.